The summed E-state index contributed by atoms with van der Waals surface area (Å²) in [5, 5.41) is 6.36. The summed E-state index contributed by atoms with van der Waals surface area (Å²) in [5.41, 5.74) is -0.405. The van der Waals surface area contributed by atoms with E-state index in [0.29, 0.717) is 16.8 Å². The van der Waals surface area contributed by atoms with Crippen LogP contribution < -0.4 is 10.6 Å². The number of rotatable bonds is 2. The van der Waals surface area contributed by atoms with E-state index in [1.165, 1.54) is 18.9 Å². The van der Waals surface area contributed by atoms with Gasteiger partial charge in [0.05, 0.1) is 16.3 Å². The lowest BCUT2D eigenvalue weighted by Gasteiger charge is -2.17. The average molecular weight is 323 g/mol. The SMILES string of the molecule is FC(F)(F)c1ccc(NC(=S)NC2CCCC2)c(Cl)c1. The minimum atomic E-state index is -4.40. The van der Waals surface area contributed by atoms with Gasteiger partial charge >= 0.3 is 6.18 Å². The van der Waals surface area contributed by atoms with Crippen LogP contribution in [0, 0.1) is 0 Å². The third kappa shape index (κ3) is 3.99. The van der Waals surface area contributed by atoms with E-state index in [4.69, 9.17) is 23.8 Å². The van der Waals surface area contributed by atoms with Crippen LogP contribution in [0.1, 0.15) is 31.2 Å². The van der Waals surface area contributed by atoms with Crippen molar-refractivity contribution >= 4 is 34.6 Å². The number of alkyl halides is 3. The molecule has 2 rings (SSSR count). The molecule has 1 fully saturated rings. The van der Waals surface area contributed by atoms with E-state index in [2.05, 4.69) is 10.6 Å². The first kappa shape index (κ1) is 15.4. The molecule has 0 aromatic heterocycles. The molecule has 0 atom stereocenters. The van der Waals surface area contributed by atoms with Crippen LogP contribution >= 0.6 is 23.8 Å². The Labute approximate surface area is 125 Å². The van der Waals surface area contributed by atoms with Crippen LogP contribution in [0.3, 0.4) is 0 Å². The van der Waals surface area contributed by atoms with Crippen molar-refractivity contribution in [3.63, 3.8) is 0 Å². The van der Waals surface area contributed by atoms with E-state index in [9.17, 15) is 13.2 Å². The van der Waals surface area contributed by atoms with Gasteiger partial charge in [-0.3, -0.25) is 0 Å². The van der Waals surface area contributed by atoms with Gasteiger partial charge in [-0.15, -0.1) is 0 Å². The average Bonchev–Trinajstić information content (AvgIpc) is 2.83. The zero-order valence-electron chi connectivity index (χ0n) is 10.6. The molecule has 0 saturated heterocycles. The maximum Gasteiger partial charge on any atom is 0.416 e. The molecular weight excluding hydrogens is 309 g/mol. The number of benzene rings is 1. The van der Waals surface area contributed by atoms with Gasteiger partial charge in [-0.1, -0.05) is 24.4 Å². The molecule has 1 saturated carbocycles. The third-order valence-electron chi connectivity index (χ3n) is 3.24. The highest BCUT2D eigenvalue weighted by Crippen LogP contribution is 2.33. The van der Waals surface area contributed by atoms with Gasteiger partial charge in [-0.2, -0.15) is 13.2 Å². The van der Waals surface area contributed by atoms with Crippen LogP contribution in [-0.2, 0) is 6.18 Å². The Kier molecular flexibility index (Phi) is 4.75. The first-order chi connectivity index (χ1) is 9.36. The number of halogens is 4. The van der Waals surface area contributed by atoms with Gasteiger partial charge in [0.1, 0.15) is 0 Å². The summed E-state index contributed by atoms with van der Waals surface area (Å²) in [7, 11) is 0. The fourth-order valence-electron chi connectivity index (χ4n) is 2.21. The van der Waals surface area contributed by atoms with Crippen molar-refractivity contribution in [1.29, 1.82) is 0 Å². The van der Waals surface area contributed by atoms with Crippen molar-refractivity contribution in [1.82, 2.24) is 5.32 Å². The lowest BCUT2D eigenvalue weighted by molar-refractivity contribution is -0.137. The Morgan fingerprint density at radius 2 is 1.90 bits per heavy atom. The van der Waals surface area contributed by atoms with Crippen LogP contribution in [0.5, 0.6) is 0 Å². The maximum absolute atomic E-state index is 12.5. The molecule has 0 aliphatic heterocycles. The minimum absolute atomic E-state index is 0.00426. The normalized spacial score (nSPS) is 16.2. The summed E-state index contributed by atoms with van der Waals surface area (Å²) in [6.45, 7) is 0. The molecule has 0 radical (unpaired) electrons. The van der Waals surface area contributed by atoms with Gasteiger partial charge in [0, 0.05) is 6.04 Å². The highest BCUT2D eigenvalue weighted by molar-refractivity contribution is 7.80. The monoisotopic (exact) mass is 322 g/mol. The number of nitrogens with one attached hydrogen (secondary N) is 2. The summed E-state index contributed by atoms with van der Waals surface area (Å²) < 4.78 is 37.5. The van der Waals surface area contributed by atoms with Crippen molar-refractivity contribution in [2.75, 3.05) is 5.32 Å². The Balaban J connectivity index is 2.00. The lowest BCUT2D eigenvalue weighted by Crippen LogP contribution is -2.36. The summed E-state index contributed by atoms with van der Waals surface area (Å²) in [6, 6.07) is 3.49. The quantitative estimate of drug-likeness (QED) is 0.779. The molecule has 110 valence electrons. The second-order valence-corrected chi connectivity index (χ2v) is 5.59. The fraction of sp³-hybridized carbons (Fsp3) is 0.462. The number of hydrogen-bond donors (Lipinski definition) is 2. The Morgan fingerprint density at radius 1 is 1.25 bits per heavy atom. The van der Waals surface area contributed by atoms with E-state index < -0.39 is 11.7 Å². The van der Waals surface area contributed by atoms with Gasteiger partial charge < -0.3 is 10.6 Å². The zero-order valence-corrected chi connectivity index (χ0v) is 12.1. The molecule has 7 heteroatoms. The topological polar surface area (TPSA) is 24.1 Å². The number of anilines is 1. The smallest absolute Gasteiger partial charge is 0.360 e. The molecule has 0 spiro atoms. The Morgan fingerprint density at radius 3 is 2.45 bits per heavy atom. The second-order valence-electron chi connectivity index (χ2n) is 4.77. The summed E-state index contributed by atoms with van der Waals surface area (Å²) in [5.74, 6) is 0. The number of thiocarbonyl (C=S) groups is 1. The van der Waals surface area contributed by atoms with Crippen molar-refractivity contribution in [2.45, 2.75) is 37.9 Å². The van der Waals surface area contributed by atoms with Crippen molar-refractivity contribution in [2.24, 2.45) is 0 Å². The molecular formula is C13H14ClF3N2S. The van der Waals surface area contributed by atoms with E-state index in [1.54, 1.807) is 0 Å². The van der Waals surface area contributed by atoms with Gasteiger partial charge in [0.25, 0.3) is 0 Å². The summed E-state index contributed by atoms with van der Waals surface area (Å²) in [4.78, 5) is 0. The van der Waals surface area contributed by atoms with E-state index >= 15 is 0 Å². The van der Waals surface area contributed by atoms with Crippen molar-refractivity contribution in [3.8, 4) is 0 Å². The van der Waals surface area contributed by atoms with Crippen LogP contribution in [0.15, 0.2) is 18.2 Å². The lowest BCUT2D eigenvalue weighted by atomic mass is 10.2. The van der Waals surface area contributed by atoms with E-state index in [0.717, 1.165) is 25.0 Å². The third-order valence-corrected chi connectivity index (χ3v) is 3.77. The molecule has 1 aliphatic carbocycles. The first-order valence-electron chi connectivity index (χ1n) is 6.30. The van der Waals surface area contributed by atoms with Crippen LogP contribution in [0.25, 0.3) is 0 Å². The van der Waals surface area contributed by atoms with Gasteiger partial charge in [-0.05, 0) is 43.3 Å². The predicted octanol–water partition coefficient (Wildman–Crippen LogP) is 4.59. The molecule has 0 amide bonds. The molecule has 20 heavy (non-hydrogen) atoms. The number of hydrogen-bond acceptors (Lipinski definition) is 1. The fourth-order valence-corrected chi connectivity index (χ4v) is 2.71. The molecule has 1 aromatic rings. The Bertz CT molecular complexity index is 499. The highest BCUT2D eigenvalue weighted by atomic mass is 35.5. The minimum Gasteiger partial charge on any atom is -0.360 e. The summed E-state index contributed by atoms with van der Waals surface area (Å²) in [6.07, 6.45) is 0.0541. The molecule has 2 N–H and O–H groups in total. The zero-order chi connectivity index (χ0) is 14.8. The molecule has 0 bridgehead atoms. The molecule has 1 aliphatic rings. The second kappa shape index (κ2) is 6.18. The molecule has 2 nitrogen and oxygen atoms in total. The summed E-state index contributed by atoms with van der Waals surface area (Å²) >= 11 is 11.0. The van der Waals surface area contributed by atoms with Gasteiger partial charge in [-0.25, -0.2) is 0 Å². The maximum atomic E-state index is 12.5. The van der Waals surface area contributed by atoms with Crippen LogP contribution in [-0.4, -0.2) is 11.2 Å². The Hall–Kier alpha value is -1.01. The van der Waals surface area contributed by atoms with Crippen LogP contribution in [0.4, 0.5) is 18.9 Å². The molecule has 1 aromatic carbocycles. The highest BCUT2D eigenvalue weighted by Gasteiger charge is 2.30. The van der Waals surface area contributed by atoms with Gasteiger partial charge in [0.15, 0.2) is 5.11 Å². The van der Waals surface area contributed by atoms with E-state index in [-0.39, 0.29) is 5.02 Å². The first-order valence-corrected chi connectivity index (χ1v) is 7.09. The van der Waals surface area contributed by atoms with Crippen molar-refractivity contribution in [3.05, 3.63) is 28.8 Å². The van der Waals surface area contributed by atoms with E-state index in [1.807, 2.05) is 0 Å². The molecule has 0 unspecified atom stereocenters. The van der Waals surface area contributed by atoms with Gasteiger partial charge in [0.2, 0.25) is 0 Å². The standard InChI is InChI=1S/C13H14ClF3N2S/c14-10-7-8(13(15,16)17)5-6-11(10)19-12(20)18-9-3-1-2-4-9/h5-7,9H,1-4H2,(H2,18,19,20). The predicted molar refractivity (Wildman–Crippen MR) is 78.1 cm³/mol. The molecule has 0 heterocycles. The largest absolute Gasteiger partial charge is 0.416 e. The van der Waals surface area contributed by atoms with Crippen LogP contribution in [0.2, 0.25) is 5.02 Å². The van der Waals surface area contributed by atoms with Crippen molar-refractivity contribution < 1.29 is 13.2 Å².